The number of carbonyl (C=O) groups excluding carboxylic acids is 1. The van der Waals surface area contributed by atoms with Gasteiger partial charge in [0.2, 0.25) is 11.6 Å². The first kappa shape index (κ1) is 21.0. The number of fused-ring (bicyclic) bond motifs is 3. The second-order valence-electron chi connectivity index (χ2n) is 11.0. The number of rotatable bonds is 3. The largest absolute Gasteiger partial charge is 0.438 e. The summed E-state index contributed by atoms with van der Waals surface area (Å²) in [5, 5.41) is 3.55. The molecule has 5 aliphatic carbocycles. The molecule has 1 heterocycles. The average molecular weight is 492 g/mol. The van der Waals surface area contributed by atoms with Crippen molar-refractivity contribution >= 4 is 35.0 Å². The SMILES string of the molecule is C=CC1(OC(=O)Nc2cc(Cl)ccc2Cl)CCCC2(C1)OOC1(O2)C2CC3CC4CC1C34C2. The smallest absolute Gasteiger partial charge is 0.412 e. The average Bonchev–Trinajstić information content (AvgIpc) is 3.39. The predicted molar refractivity (Wildman–Crippen MR) is 122 cm³/mol. The van der Waals surface area contributed by atoms with Gasteiger partial charge in [-0.25, -0.2) is 4.79 Å². The molecule has 1 saturated heterocycles. The molecule has 3 spiro atoms. The second-order valence-corrected chi connectivity index (χ2v) is 11.8. The summed E-state index contributed by atoms with van der Waals surface area (Å²) in [6, 6.07) is 4.87. The Bertz CT molecular complexity index is 1070. The third-order valence-corrected chi connectivity index (χ3v) is 10.3. The summed E-state index contributed by atoms with van der Waals surface area (Å²) < 4.78 is 12.7. The van der Waals surface area contributed by atoms with Crippen molar-refractivity contribution in [3.8, 4) is 0 Å². The molecule has 1 amide bonds. The molecule has 6 fully saturated rings. The molecular weight excluding hydrogens is 465 g/mol. The number of hydrogen-bond acceptors (Lipinski definition) is 5. The number of hydrogen-bond donors (Lipinski definition) is 1. The van der Waals surface area contributed by atoms with Crippen molar-refractivity contribution in [3.63, 3.8) is 0 Å². The van der Waals surface area contributed by atoms with Crippen LogP contribution in [0.5, 0.6) is 0 Å². The number of benzene rings is 1. The van der Waals surface area contributed by atoms with E-state index in [-0.39, 0.29) is 0 Å². The fraction of sp³-hybridized carbons (Fsp3) is 0.640. The molecule has 8 heteroatoms. The number of carbonyl (C=O) groups is 1. The highest BCUT2D eigenvalue weighted by Gasteiger charge is 2.85. The van der Waals surface area contributed by atoms with Crippen LogP contribution in [0.1, 0.15) is 51.4 Å². The standard InChI is InChI=1S/C25H27Cl2NO5/c1-2-22(30-21(29)28-19-11-17(26)4-5-18(19)27)6-3-7-23(13-22)31-25(33-32-23)16-9-14-8-15-10-20(25)24(14,15)12-16/h2,4-5,11,14-16,20H,1,3,6-10,12-13H2,(H,28,29). The van der Waals surface area contributed by atoms with Gasteiger partial charge in [0.1, 0.15) is 5.60 Å². The van der Waals surface area contributed by atoms with Gasteiger partial charge in [-0.05, 0) is 80.1 Å². The van der Waals surface area contributed by atoms with Crippen molar-refractivity contribution < 1.29 is 24.0 Å². The van der Waals surface area contributed by atoms with E-state index in [4.69, 9.17) is 42.5 Å². The molecule has 0 aromatic heterocycles. The van der Waals surface area contributed by atoms with E-state index in [9.17, 15) is 4.79 Å². The van der Waals surface area contributed by atoms with E-state index < -0.39 is 23.3 Å². The zero-order valence-corrected chi connectivity index (χ0v) is 19.8. The van der Waals surface area contributed by atoms with Crippen LogP contribution in [0.15, 0.2) is 30.9 Å². The van der Waals surface area contributed by atoms with Gasteiger partial charge in [0.25, 0.3) is 0 Å². The molecule has 1 aromatic rings. The monoisotopic (exact) mass is 491 g/mol. The molecule has 1 aromatic carbocycles. The van der Waals surface area contributed by atoms with Gasteiger partial charge in [-0.2, -0.15) is 9.78 Å². The number of halogens is 2. The Morgan fingerprint density at radius 1 is 1.15 bits per heavy atom. The number of nitrogens with one attached hydrogen (secondary N) is 1. The van der Waals surface area contributed by atoms with Crippen LogP contribution in [0.2, 0.25) is 10.0 Å². The van der Waals surface area contributed by atoms with Gasteiger partial charge in [-0.15, -0.1) is 0 Å². The molecule has 7 rings (SSSR count). The van der Waals surface area contributed by atoms with Crippen LogP contribution in [0.3, 0.4) is 0 Å². The maximum atomic E-state index is 12.8. The Morgan fingerprint density at radius 3 is 2.76 bits per heavy atom. The Hall–Kier alpha value is -1.31. The highest BCUT2D eigenvalue weighted by molar-refractivity contribution is 6.35. The molecular formula is C25H27Cl2NO5. The fourth-order valence-electron chi connectivity index (χ4n) is 8.37. The van der Waals surface area contributed by atoms with Gasteiger partial charge in [-0.3, -0.25) is 5.32 Å². The van der Waals surface area contributed by atoms with Gasteiger partial charge in [0.15, 0.2) is 0 Å². The summed E-state index contributed by atoms with van der Waals surface area (Å²) in [5.74, 6) is 0.976. The van der Waals surface area contributed by atoms with Crippen molar-refractivity contribution in [2.24, 2.45) is 29.1 Å². The van der Waals surface area contributed by atoms with E-state index in [0.717, 1.165) is 18.3 Å². The molecule has 33 heavy (non-hydrogen) atoms. The predicted octanol–water partition coefficient (Wildman–Crippen LogP) is 6.48. The van der Waals surface area contributed by atoms with Crippen molar-refractivity contribution in [3.05, 3.63) is 40.9 Å². The summed E-state index contributed by atoms with van der Waals surface area (Å²) in [7, 11) is 0. The van der Waals surface area contributed by atoms with Crippen LogP contribution in [0.25, 0.3) is 0 Å². The molecule has 6 aliphatic rings. The summed E-state index contributed by atoms with van der Waals surface area (Å²) in [6.07, 6.45) is 8.46. The van der Waals surface area contributed by atoms with Gasteiger partial charge < -0.3 is 9.47 Å². The second kappa shape index (κ2) is 6.67. The molecule has 1 N–H and O–H groups in total. The molecule has 6 nitrogen and oxygen atoms in total. The normalized spacial score (nSPS) is 48.3. The topological polar surface area (TPSA) is 66.0 Å². The molecule has 5 saturated carbocycles. The van der Waals surface area contributed by atoms with Gasteiger partial charge >= 0.3 is 6.09 Å². The lowest BCUT2D eigenvalue weighted by atomic mass is 9.37. The molecule has 1 aliphatic heterocycles. The first-order valence-electron chi connectivity index (χ1n) is 12.0. The van der Waals surface area contributed by atoms with Gasteiger partial charge in [0.05, 0.1) is 10.7 Å². The number of anilines is 1. The third-order valence-electron chi connectivity index (χ3n) is 9.71. The Labute approximate surface area is 202 Å². The lowest BCUT2D eigenvalue weighted by molar-refractivity contribution is -0.394. The van der Waals surface area contributed by atoms with Crippen molar-refractivity contribution in [2.75, 3.05) is 5.32 Å². The first-order valence-corrected chi connectivity index (χ1v) is 12.7. The Balaban J connectivity index is 1.09. The van der Waals surface area contributed by atoms with Crippen LogP contribution >= 0.6 is 23.2 Å². The zero-order chi connectivity index (χ0) is 22.6. The molecule has 176 valence electrons. The highest BCUT2D eigenvalue weighted by Crippen LogP contribution is 2.85. The van der Waals surface area contributed by atoms with Crippen LogP contribution < -0.4 is 5.32 Å². The quantitative estimate of drug-likeness (QED) is 0.387. The van der Waals surface area contributed by atoms with Crippen LogP contribution in [-0.2, 0) is 19.2 Å². The van der Waals surface area contributed by atoms with Gasteiger partial charge in [-0.1, -0.05) is 29.8 Å². The minimum atomic E-state index is -0.931. The van der Waals surface area contributed by atoms with Gasteiger partial charge in [0, 0.05) is 29.7 Å². The highest BCUT2D eigenvalue weighted by atomic mass is 35.5. The first-order chi connectivity index (χ1) is 15.8. The van der Waals surface area contributed by atoms with Crippen molar-refractivity contribution in [1.82, 2.24) is 0 Å². The van der Waals surface area contributed by atoms with E-state index in [0.29, 0.717) is 52.2 Å². The van der Waals surface area contributed by atoms with E-state index in [1.165, 1.54) is 25.7 Å². The molecule has 2 bridgehead atoms. The van der Waals surface area contributed by atoms with E-state index in [2.05, 4.69) is 11.9 Å². The van der Waals surface area contributed by atoms with Crippen LogP contribution in [-0.4, -0.2) is 23.3 Å². The maximum absolute atomic E-state index is 12.8. The summed E-state index contributed by atoms with van der Waals surface area (Å²) >= 11 is 12.2. The lowest BCUT2D eigenvalue weighted by Gasteiger charge is -2.68. The zero-order valence-electron chi connectivity index (χ0n) is 18.3. The maximum Gasteiger partial charge on any atom is 0.412 e. The Kier molecular flexibility index (Phi) is 4.25. The van der Waals surface area contributed by atoms with Crippen molar-refractivity contribution in [2.45, 2.75) is 68.5 Å². The minimum Gasteiger partial charge on any atom is -0.438 e. The minimum absolute atomic E-state index is 0.348. The lowest BCUT2D eigenvalue weighted by Crippen LogP contribution is -2.67. The molecule has 0 radical (unpaired) electrons. The fourth-order valence-corrected chi connectivity index (χ4v) is 8.71. The molecule has 8 unspecified atom stereocenters. The third kappa shape index (κ3) is 2.65. The van der Waals surface area contributed by atoms with E-state index in [1.54, 1.807) is 24.3 Å². The summed E-state index contributed by atoms with van der Waals surface area (Å²) in [6.45, 7) is 3.98. The Morgan fingerprint density at radius 2 is 1.97 bits per heavy atom. The van der Waals surface area contributed by atoms with Crippen molar-refractivity contribution in [1.29, 1.82) is 0 Å². The number of ether oxygens (including phenoxy) is 2. The van der Waals surface area contributed by atoms with Crippen LogP contribution in [0, 0.1) is 29.1 Å². The summed E-state index contributed by atoms with van der Waals surface area (Å²) in [5.41, 5.74) is -0.0965. The molecule has 8 atom stereocenters. The van der Waals surface area contributed by atoms with E-state index in [1.807, 2.05) is 0 Å². The van der Waals surface area contributed by atoms with Crippen LogP contribution in [0.4, 0.5) is 10.5 Å². The number of amides is 1. The van der Waals surface area contributed by atoms with E-state index >= 15 is 0 Å². The summed E-state index contributed by atoms with van der Waals surface area (Å²) in [4.78, 5) is 25.0.